The standard InChI is InChI=1S/C23H25FN4O3S/c1-28(14-16-4-6-18-19(11-16)27-32-26-18)22(30)8-10-23(9-7-21(29)25-23)13-15-3-5-17(24)20(12-15)31-2/h3-6,11-12H,7-10,13-14H2,1-2H3,(H,25,29)/t23-/m0/s1. The topological polar surface area (TPSA) is 84.4 Å². The molecule has 1 fully saturated rings. The highest BCUT2D eigenvalue weighted by Gasteiger charge is 2.38. The predicted octanol–water partition coefficient (Wildman–Crippen LogP) is 3.47. The van der Waals surface area contributed by atoms with Crippen molar-refractivity contribution in [2.75, 3.05) is 14.2 Å². The largest absolute Gasteiger partial charge is 0.494 e. The number of nitrogens with zero attached hydrogens (tertiary/aromatic N) is 3. The van der Waals surface area contributed by atoms with Gasteiger partial charge in [-0.1, -0.05) is 12.1 Å². The minimum Gasteiger partial charge on any atom is -0.494 e. The molecule has 7 nitrogen and oxygen atoms in total. The summed E-state index contributed by atoms with van der Waals surface area (Å²) in [6, 6.07) is 10.5. The highest BCUT2D eigenvalue weighted by atomic mass is 32.1. The van der Waals surface area contributed by atoms with E-state index in [1.807, 2.05) is 18.2 Å². The second-order valence-corrected chi connectivity index (χ2v) is 8.84. The third-order valence-electron chi connectivity index (χ3n) is 5.97. The third kappa shape index (κ3) is 4.88. The van der Waals surface area contributed by atoms with E-state index in [0.717, 1.165) is 22.2 Å². The Morgan fingerprint density at radius 2 is 2.00 bits per heavy atom. The van der Waals surface area contributed by atoms with Gasteiger partial charge in [0.1, 0.15) is 11.0 Å². The first-order valence-electron chi connectivity index (χ1n) is 10.5. The van der Waals surface area contributed by atoms with Crippen molar-refractivity contribution in [1.82, 2.24) is 19.0 Å². The van der Waals surface area contributed by atoms with Crippen LogP contribution < -0.4 is 10.1 Å². The number of rotatable bonds is 8. The lowest BCUT2D eigenvalue weighted by molar-refractivity contribution is -0.131. The number of halogens is 1. The number of carbonyl (C=O) groups is 2. The van der Waals surface area contributed by atoms with Gasteiger partial charge in [-0.3, -0.25) is 9.59 Å². The number of aromatic nitrogens is 2. The summed E-state index contributed by atoms with van der Waals surface area (Å²) >= 11 is 1.17. The van der Waals surface area contributed by atoms with E-state index in [1.165, 1.54) is 24.9 Å². The first-order valence-corrected chi connectivity index (χ1v) is 11.2. The van der Waals surface area contributed by atoms with E-state index in [0.29, 0.717) is 38.6 Å². The summed E-state index contributed by atoms with van der Waals surface area (Å²) in [5.74, 6) is -0.280. The molecule has 1 aromatic heterocycles. The molecule has 0 spiro atoms. The Kier molecular flexibility index (Phi) is 6.36. The number of benzene rings is 2. The zero-order valence-electron chi connectivity index (χ0n) is 18.1. The van der Waals surface area contributed by atoms with E-state index in [4.69, 9.17) is 4.74 Å². The molecule has 0 radical (unpaired) electrons. The number of nitrogens with one attached hydrogen (secondary N) is 1. The Bertz CT molecular complexity index is 1150. The number of fused-ring (bicyclic) bond motifs is 1. The molecule has 0 unspecified atom stereocenters. The zero-order chi connectivity index (χ0) is 22.7. The van der Waals surface area contributed by atoms with Crippen molar-refractivity contribution in [3.63, 3.8) is 0 Å². The molecule has 2 aromatic carbocycles. The number of ether oxygens (including phenoxy) is 1. The predicted molar refractivity (Wildman–Crippen MR) is 120 cm³/mol. The van der Waals surface area contributed by atoms with Crippen LogP contribution in [0.4, 0.5) is 4.39 Å². The Morgan fingerprint density at radius 3 is 2.75 bits per heavy atom. The van der Waals surface area contributed by atoms with Gasteiger partial charge in [-0.15, -0.1) is 0 Å². The fourth-order valence-corrected chi connectivity index (χ4v) is 4.73. The molecule has 1 N–H and O–H groups in total. The normalized spacial score (nSPS) is 18.0. The van der Waals surface area contributed by atoms with E-state index in [2.05, 4.69) is 14.1 Å². The van der Waals surface area contributed by atoms with E-state index in [9.17, 15) is 14.0 Å². The van der Waals surface area contributed by atoms with Crippen LogP contribution in [-0.2, 0) is 22.6 Å². The van der Waals surface area contributed by atoms with Crippen molar-refractivity contribution < 1.29 is 18.7 Å². The van der Waals surface area contributed by atoms with Crippen molar-refractivity contribution in [2.45, 2.75) is 44.2 Å². The van der Waals surface area contributed by atoms with E-state index < -0.39 is 11.4 Å². The van der Waals surface area contributed by atoms with Gasteiger partial charge in [-0.05, 0) is 54.7 Å². The molecule has 0 aliphatic carbocycles. The summed E-state index contributed by atoms with van der Waals surface area (Å²) in [6.07, 6.45) is 2.38. The smallest absolute Gasteiger partial charge is 0.222 e. The molecule has 2 amide bonds. The van der Waals surface area contributed by atoms with E-state index in [1.54, 1.807) is 24.1 Å². The van der Waals surface area contributed by atoms with Crippen LogP contribution in [-0.4, -0.2) is 45.2 Å². The van der Waals surface area contributed by atoms with Gasteiger partial charge in [0.15, 0.2) is 11.6 Å². The molecule has 32 heavy (non-hydrogen) atoms. The summed E-state index contributed by atoms with van der Waals surface area (Å²) < 4.78 is 27.3. The second kappa shape index (κ2) is 9.20. The Hall–Kier alpha value is -3.07. The monoisotopic (exact) mass is 456 g/mol. The molecular weight excluding hydrogens is 431 g/mol. The van der Waals surface area contributed by atoms with Gasteiger partial charge < -0.3 is 15.0 Å². The molecule has 168 valence electrons. The first kappa shape index (κ1) is 22.1. The van der Waals surface area contributed by atoms with Gasteiger partial charge in [0, 0.05) is 32.0 Å². The minimum atomic E-state index is -0.526. The molecule has 1 atom stereocenters. The fourth-order valence-electron chi connectivity index (χ4n) is 4.21. The highest BCUT2D eigenvalue weighted by Crippen LogP contribution is 2.31. The van der Waals surface area contributed by atoms with Crippen molar-refractivity contribution in [2.24, 2.45) is 0 Å². The van der Waals surface area contributed by atoms with Crippen LogP contribution in [0.25, 0.3) is 11.0 Å². The SMILES string of the molecule is COc1cc(C[C@@]2(CCC(=O)N(C)Cc3ccc4nsnc4c3)CCC(=O)N2)ccc1F. The van der Waals surface area contributed by atoms with Crippen LogP contribution in [0.2, 0.25) is 0 Å². The minimum absolute atomic E-state index is 0.00119. The molecule has 0 bridgehead atoms. The van der Waals surface area contributed by atoms with Crippen LogP contribution in [0.3, 0.4) is 0 Å². The summed E-state index contributed by atoms with van der Waals surface area (Å²) in [5.41, 5.74) is 3.00. The van der Waals surface area contributed by atoms with Crippen LogP contribution in [0.15, 0.2) is 36.4 Å². The van der Waals surface area contributed by atoms with Crippen LogP contribution in [0.5, 0.6) is 5.75 Å². The maximum Gasteiger partial charge on any atom is 0.222 e. The van der Waals surface area contributed by atoms with Crippen molar-refractivity contribution in [3.8, 4) is 5.75 Å². The van der Waals surface area contributed by atoms with Gasteiger partial charge in [-0.2, -0.15) is 8.75 Å². The average Bonchev–Trinajstić information content (AvgIpc) is 3.39. The lowest BCUT2D eigenvalue weighted by Crippen LogP contribution is -2.44. The van der Waals surface area contributed by atoms with Gasteiger partial charge in [0.05, 0.1) is 18.8 Å². The lowest BCUT2D eigenvalue weighted by atomic mass is 9.84. The molecule has 0 saturated carbocycles. The van der Waals surface area contributed by atoms with Crippen molar-refractivity contribution in [1.29, 1.82) is 0 Å². The molecule has 1 aliphatic heterocycles. The average molecular weight is 457 g/mol. The lowest BCUT2D eigenvalue weighted by Gasteiger charge is -2.30. The van der Waals surface area contributed by atoms with Crippen molar-refractivity contribution in [3.05, 3.63) is 53.3 Å². The van der Waals surface area contributed by atoms with Gasteiger partial charge in [-0.25, -0.2) is 4.39 Å². The highest BCUT2D eigenvalue weighted by molar-refractivity contribution is 7.00. The number of hydrogen-bond donors (Lipinski definition) is 1. The molecule has 2 heterocycles. The number of methoxy groups -OCH3 is 1. The number of hydrogen-bond acceptors (Lipinski definition) is 6. The van der Waals surface area contributed by atoms with E-state index in [-0.39, 0.29) is 17.6 Å². The van der Waals surface area contributed by atoms with Gasteiger partial charge >= 0.3 is 0 Å². The molecule has 1 aliphatic rings. The summed E-state index contributed by atoms with van der Waals surface area (Å²) in [5, 5.41) is 3.07. The maximum absolute atomic E-state index is 13.8. The third-order valence-corrected chi connectivity index (χ3v) is 6.53. The van der Waals surface area contributed by atoms with Crippen LogP contribution in [0, 0.1) is 5.82 Å². The van der Waals surface area contributed by atoms with E-state index >= 15 is 0 Å². The van der Waals surface area contributed by atoms with Gasteiger partial charge in [0.2, 0.25) is 11.8 Å². The second-order valence-electron chi connectivity index (χ2n) is 8.31. The first-order chi connectivity index (χ1) is 15.4. The quantitative estimate of drug-likeness (QED) is 0.561. The maximum atomic E-state index is 13.8. The number of carbonyl (C=O) groups excluding carboxylic acids is 2. The van der Waals surface area contributed by atoms with Gasteiger partial charge in [0.25, 0.3) is 0 Å². The summed E-state index contributed by atoms with van der Waals surface area (Å²) in [7, 11) is 3.20. The molecular formula is C23H25FN4O3S. The molecule has 4 rings (SSSR count). The Labute approximate surface area is 189 Å². The van der Waals surface area contributed by atoms with Crippen LogP contribution >= 0.6 is 11.7 Å². The number of amides is 2. The van der Waals surface area contributed by atoms with Crippen LogP contribution in [0.1, 0.15) is 36.8 Å². The van der Waals surface area contributed by atoms with Crippen molar-refractivity contribution >= 4 is 34.6 Å². The molecule has 3 aromatic rings. The summed E-state index contributed by atoms with van der Waals surface area (Å²) in [4.78, 5) is 26.6. The Balaban J connectivity index is 1.41. The molecule has 9 heteroatoms. The fraction of sp³-hybridized carbons (Fsp3) is 0.391. The summed E-state index contributed by atoms with van der Waals surface area (Å²) in [6.45, 7) is 0.473. The Morgan fingerprint density at radius 1 is 1.22 bits per heavy atom. The zero-order valence-corrected chi connectivity index (χ0v) is 18.9. The molecule has 1 saturated heterocycles.